The predicted molar refractivity (Wildman–Crippen MR) is 62.3 cm³/mol. The Labute approximate surface area is 102 Å². The first-order chi connectivity index (χ1) is 7.58. The molecule has 0 bridgehead atoms. The van der Waals surface area contributed by atoms with Crippen molar-refractivity contribution < 1.29 is 9.59 Å². The van der Waals surface area contributed by atoms with Crippen LogP contribution in [0.2, 0.25) is 0 Å². The number of hydrogen-bond donors (Lipinski definition) is 1. The summed E-state index contributed by atoms with van der Waals surface area (Å²) in [6.07, 6.45) is 0.239. The molecule has 1 heterocycles. The second kappa shape index (κ2) is 4.25. The summed E-state index contributed by atoms with van der Waals surface area (Å²) in [5.74, 6) is -0.460. The molecular weight excluding hydrogens is 272 g/mol. The Kier molecular flexibility index (Phi) is 2.96. The molecule has 0 aliphatic carbocycles. The molecule has 1 aliphatic heterocycles. The third-order valence-corrected chi connectivity index (χ3v) is 3.13. The third kappa shape index (κ3) is 2.09. The second-order valence-electron chi connectivity index (χ2n) is 3.77. The van der Waals surface area contributed by atoms with E-state index in [9.17, 15) is 9.59 Å². The number of hydrogen-bond acceptors (Lipinski definition) is 2. The van der Waals surface area contributed by atoms with Gasteiger partial charge in [0.2, 0.25) is 11.8 Å². The van der Waals surface area contributed by atoms with E-state index in [1.54, 1.807) is 0 Å². The molecule has 16 heavy (non-hydrogen) atoms. The van der Waals surface area contributed by atoms with E-state index in [4.69, 9.17) is 5.73 Å². The van der Waals surface area contributed by atoms with Crippen LogP contribution in [0.5, 0.6) is 0 Å². The van der Waals surface area contributed by atoms with Crippen LogP contribution in [0.25, 0.3) is 0 Å². The molecule has 4 nitrogen and oxygen atoms in total. The summed E-state index contributed by atoms with van der Waals surface area (Å²) in [6, 6.07) is 7.19. The minimum Gasteiger partial charge on any atom is -0.368 e. The summed E-state index contributed by atoms with van der Waals surface area (Å²) in [5, 5.41) is 0. The maximum atomic E-state index is 11.3. The van der Waals surface area contributed by atoms with Crippen LogP contribution in [0.4, 0.5) is 0 Å². The fourth-order valence-electron chi connectivity index (χ4n) is 1.74. The SMILES string of the molecule is NC(=O)[C@@H]1CC(=O)N1Cc1cccc(Br)c1. The molecule has 2 rings (SSSR count). The van der Waals surface area contributed by atoms with E-state index in [0.717, 1.165) is 10.0 Å². The molecule has 2 N–H and O–H groups in total. The predicted octanol–water partition coefficient (Wildman–Crippen LogP) is 1.04. The van der Waals surface area contributed by atoms with Crippen molar-refractivity contribution in [1.29, 1.82) is 0 Å². The zero-order valence-corrected chi connectivity index (χ0v) is 10.1. The highest BCUT2D eigenvalue weighted by Crippen LogP contribution is 2.23. The van der Waals surface area contributed by atoms with Gasteiger partial charge in [0.05, 0.1) is 6.42 Å². The van der Waals surface area contributed by atoms with Gasteiger partial charge in [-0.05, 0) is 17.7 Å². The number of carbonyl (C=O) groups excluding carboxylic acids is 2. The first kappa shape index (κ1) is 11.1. The van der Waals surface area contributed by atoms with E-state index in [2.05, 4.69) is 15.9 Å². The maximum absolute atomic E-state index is 11.3. The molecule has 0 saturated carbocycles. The summed E-state index contributed by atoms with van der Waals surface area (Å²) in [5.41, 5.74) is 6.17. The summed E-state index contributed by atoms with van der Waals surface area (Å²) < 4.78 is 0.952. The first-order valence-corrected chi connectivity index (χ1v) is 5.70. The van der Waals surface area contributed by atoms with Gasteiger partial charge in [-0.2, -0.15) is 0 Å². The number of rotatable bonds is 3. The highest BCUT2D eigenvalue weighted by Gasteiger charge is 2.39. The molecule has 1 saturated heterocycles. The van der Waals surface area contributed by atoms with Crippen molar-refractivity contribution in [3.8, 4) is 0 Å². The summed E-state index contributed by atoms with van der Waals surface area (Å²) in [7, 11) is 0. The van der Waals surface area contributed by atoms with E-state index >= 15 is 0 Å². The monoisotopic (exact) mass is 282 g/mol. The van der Waals surface area contributed by atoms with Gasteiger partial charge in [-0.25, -0.2) is 0 Å². The maximum Gasteiger partial charge on any atom is 0.240 e. The highest BCUT2D eigenvalue weighted by atomic mass is 79.9. The average molecular weight is 283 g/mol. The number of likely N-dealkylation sites (tertiary alicyclic amines) is 1. The fraction of sp³-hybridized carbons (Fsp3) is 0.273. The Bertz CT molecular complexity index is 447. The second-order valence-corrected chi connectivity index (χ2v) is 4.69. The van der Waals surface area contributed by atoms with Crippen LogP contribution in [0.15, 0.2) is 28.7 Å². The average Bonchev–Trinajstić information content (AvgIpc) is 2.22. The molecule has 0 spiro atoms. The molecule has 1 fully saturated rings. The van der Waals surface area contributed by atoms with Gasteiger partial charge in [-0.15, -0.1) is 0 Å². The Morgan fingerprint density at radius 1 is 1.56 bits per heavy atom. The van der Waals surface area contributed by atoms with Gasteiger partial charge in [-0.3, -0.25) is 9.59 Å². The molecule has 1 aromatic rings. The van der Waals surface area contributed by atoms with E-state index in [0.29, 0.717) is 6.54 Å². The smallest absolute Gasteiger partial charge is 0.240 e. The summed E-state index contributed by atoms with van der Waals surface area (Å²) in [6.45, 7) is 0.436. The van der Waals surface area contributed by atoms with Crippen molar-refractivity contribution in [2.24, 2.45) is 5.73 Å². The summed E-state index contributed by atoms with van der Waals surface area (Å²) >= 11 is 3.36. The molecule has 1 aromatic carbocycles. The van der Waals surface area contributed by atoms with Crippen LogP contribution in [0, 0.1) is 0 Å². The van der Waals surface area contributed by atoms with Gasteiger partial charge in [-0.1, -0.05) is 28.1 Å². The van der Waals surface area contributed by atoms with Crippen molar-refractivity contribution in [2.45, 2.75) is 19.0 Å². The summed E-state index contributed by atoms with van der Waals surface area (Å²) in [4.78, 5) is 23.9. The molecule has 0 aromatic heterocycles. The van der Waals surface area contributed by atoms with Gasteiger partial charge in [0.1, 0.15) is 6.04 Å². The normalized spacial score (nSPS) is 19.4. The standard InChI is InChI=1S/C11H11BrN2O2/c12-8-3-1-2-7(4-8)6-14-9(11(13)16)5-10(14)15/h1-4,9H,5-6H2,(H2,13,16)/t9-/m0/s1. The highest BCUT2D eigenvalue weighted by molar-refractivity contribution is 9.10. The third-order valence-electron chi connectivity index (χ3n) is 2.63. The van der Waals surface area contributed by atoms with Crippen LogP contribution in [-0.4, -0.2) is 22.8 Å². The molecule has 1 aliphatic rings. The lowest BCUT2D eigenvalue weighted by atomic mass is 10.00. The van der Waals surface area contributed by atoms with E-state index < -0.39 is 11.9 Å². The zero-order chi connectivity index (χ0) is 11.7. The van der Waals surface area contributed by atoms with Crippen LogP contribution in [-0.2, 0) is 16.1 Å². The zero-order valence-electron chi connectivity index (χ0n) is 8.52. The van der Waals surface area contributed by atoms with Crippen molar-refractivity contribution in [2.75, 3.05) is 0 Å². The van der Waals surface area contributed by atoms with Gasteiger partial charge >= 0.3 is 0 Å². The molecular formula is C11H11BrN2O2. The van der Waals surface area contributed by atoms with E-state index in [1.165, 1.54) is 4.90 Å². The largest absolute Gasteiger partial charge is 0.368 e. The number of amides is 2. The number of nitrogens with zero attached hydrogens (tertiary/aromatic N) is 1. The molecule has 0 radical (unpaired) electrons. The minimum atomic E-state index is -0.438. The lowest BCUT2D eigenvalue weighted by molar-refractivity contribution is -0.153. The van der Waals surface area contributed by atoms with E-state index in [-0.39, 0.29) is 12.3 Å². The molecule has 1 atom stereocenters. The Morgan fingerprint density at radius 3 is 2.88 bits per heavy atom. The Morgan fingerprint density at radius 2 is 2.31 bits per heavy atom. The molecule has 2 amide bonds. The molecule has 5 heteroatoms. The van der Waals surface area contributed by atoms with Crippen molar-refractivity contribution in [1.82, 2.24) is 4.90 Å². The van der Waals surface area contributed by atoms with Crippen LogP contribution in [0.3, 0.4) is 0 Å². The topological polar surface area (TPSA) is 63.4 Å². The lowest BCUT2D eigenvalue weighted by Gasteiger charge is -2.38. The van der Waals surface area contributed by atoms with Crippen molar-refractivity contribution in [3.05, 3.63) is 34.3 Å². The Balaban J connectivity index is 2.09. The van der Waals surface area contributed by atoms with Crippen LogP contribution >= 0.6 is 15.9 Å². The van der Waals surface area contributed by atoms with Gasteiger partial charge < -0.3 is 10.6 Å². The molecule has 0 unspecified atom stereocenters. The quantitative estimate of drug-likeness (QED) is 0.842. The van der Waals surface area contributed by atoms with Gasteiger partial charge in [0, 0.05) is 11.0 Å². The Hall–Kier alpha value is -1.36. The number of benzene rings is 1. The fourth-order valence-corrected chi connectivity index (χ4v) is 2.19. The van der Waals surface area contributed by atoms with E-state index in [1.807, 2.05) is 24.3 Å². The number of β-lactam (4-membered cyclic amide) rings is 1. The number of carbonyl (C=O) groups is 2. The van der Waals surface area contributed by atoms with Crippen molar-refractivity contribution >= 4 is 27.7 Å². The van der Waals surface area contributed by atoms with Crippen molar-refractivity contribution in [3.63, 3.8) is 0 Å². The molecule has 84 valence electrons. The van der Waals surface area contributed by atoms with Gasteiger partial charge in [0.15, 0.2) is 0 Å². The first-order valence-electron chi connectivity index (χ1n) is 4.91. The minimum absolute atomic E-state index is 0.0243. The lowest BCUT2D eigenvalue weighted by Crippen LogP contribution is -2.57. The number of halogens is 1. The number of primary amides is 1. The van der Waals surface area contributed by atoms with Crippen LogP contribution < -0.4 is 5.73 Å². The number of nitrogens with two attached hydrogens (primary N) is 1. The van der Waals surface area contributed by atoms with Crippen LogP contribution in [0.1, 0.15) is 12.0 Å². The van der Waals surface area contributed by atoms with Gasteiger partial charge in [0.25, 0.3) is 0 Å².